The van der Waals surface area contributed by atoms with Crippen molar-refractivity contribution in [3.8, 4) is 0 Å². The fourth-order valence-corrected chi connectivity index (χ4v) is 3.49. The maximum atomic E-state index is 11.0. The first kappa shape index (κ1) is 22.2. The van der Waals surface area contributed by atoms with Crippen LogP contribution in [0, 0.1) is 5.41 Å². The van der Waals surface area contributed by atoms with Crippen LogP contribution in [-0.2, 0) is 19.3 Å². The van der Waals surface area contributed by atoms with Gasteiger partial charge in [0, 0.05) is 39.6 Å². The van der Waals surface area contributed by atoms with Gasteiger partial charge in [-0.3, -0.25) is 4.99 Å². The van der Waals surface area contributed by atoms with E-state index in [1.807, 2.05) is 6.92 Å². The molecule has 0 aromatic rings. The predicted molar refractivity (Wildman–Crippen MR) is 102 cm³/mol. The summed E-state index contributed by atoms with van der Waals surface area (Å²) in [5.41, 5.74) is 0.268. The highest BCUT2D eigenvalue weighted by Crippen LogP contribution is 2.41. The third kappa shape index (κ3) is 10.0. The minimum Gasteiger partial charge on any atom is -0.385 e. The maximum absolute atomic E-state index is 11.0. The average molecular weight is 378 g/mol. The standard InChI is InChI=1S/C17H35N3O4S/c1-4-18-16(19-10-12-24-13-14-25(3,21)22)20-15-17(9-11-23-2)7-5-6-8-17/h4-15H2,1-3H3,(H2,18,19,20). The molecule has 0 aromatic carbocycles. The van der Waals surface area contributed by atoms with Crippen molar-refractivity contribution in [1.82, 2.24) is 10.6 Å². The van der Waals surface area contributed by atoms with Crippen molar-refractivity contribution >= 4 is 15.8 Å². The normalized spacial score (nSPS) is 17.6. The molecule has 0 aliphatic heterocycles. The van der Waals surface area contributed by atoms with Crippen molar-refractivity contribution in [3.05, 3.63) is 0 Å². The summed E-state index contributed by atoms with van der Waals surface area (Å²) in [5, 5.41) is 6.50. The molecule has 148 valence electrons. The third-order valence-corrected chi connectivity index (χ3v) is 5.46. The Hall–Kier alpha value is -0.860. The first-order valence-corrected chi connectivity index (χ1v) is 11.2. The first-order valence-electron chi connectivity index (χ1n) is 9.17. The SMILES string of the molecule is CCNC(=NCC1(CCOC)CCCC1)NCCOCCS(C)(=O)=O. The average Bonchev–Trinajstić information content (AvgIpc) is 3.02. The number of guanidine groups is 1. The van der Waals surface area contributed by atoms with Crippen LogP contribution in [0.5, 0.6) is 0 Å². The molecule has 1 aliphatic rings. The molecule has 0 bridgehead atoms. The van der Waals surface area contributed by atoms with E-state index in [9.17, 15) is 8.42 Å². The zero-order valence-electron chi connectivity index (χ0n) is 16.0. The van der Waals surface area contributed by atoms with E-state index in [-0.39, 0.29) is 17.8 Å². The van der Waals surface area contributed by atoms with Gasteiger partial charge in [-0.1, -0.05) is 12.8 Å². The second kappa shape index (κ2) is 11.7. The van der Waals surface area contributed by atoms with Gasteiger partial charge in [-0.15, -0.1) is 0 Å². The van der Waals surface area contributed by atoms with E-state index in [2.05, 4.69) is 10.6 Å². The highest BCUT2D eigenvalue weighted by atomic mass is 32.2. The summed E-state index contributed by atoms with van der Waals surface area (Å²) in [5.74, 6) is 0.848. The lowest BCUT2D eigenvalue weighted by molar-refractivity contribution is 0.141. The minimum atomic E-state index is -2.96. The van der Waals surface area contributed by atoms with Crippen molar-refractivity contribution in [1.29, 1.82) is 0 Å². The number of aliphatic imine (C=N–C) groups is 1. The van der Waals surface area contributed by atoms with Gasteiger partial charge in [0.1, 0.15) is 9.84 Å². The molecule has 0 heterocycles. The molecule has 1 aliphatic carbocycles. The number of nitrogens with one attached hydrogen (secondary N) is 2. The van der Waals surface area contributed by atoms with Crippen LogP contribution in [0.25, 0.3) is 0 Å². The molecule has 1 fully saturated rings. The van der Waals surface area contributed by atoms with Gasteiger partial charge in [0.25, 0.3) is 0 Å². The van der Waals surface area contributed by atoms with E-state index in [1.165, 1.54) is 31.9 Å². The lowest BCUT2D eigenvalue weighted by atomic mass is 9.83. The van der Waals surface area contributed by atoms with Crippen LogP contribution < -0.4 is 10.6 Å². The summed E-state index contributed by atoms with van der Waals surface area (Å²) in [4.78, 5) is 4.77. The van der Waals surface area contributed by atoms with Gasteiger partial charge < -0.3 is 20.1 Å². The molecule has 1 saturated carbocycles. The molecule has 7 nitrogen and oxygen atoms in total. The van der Waals surface area contributed by atoms with Gasteiger partial charge in [-0.25, -0.2) is 8.42 Å². The molecular formula is C17H35N3O4S. The molecule has 0 radical (unpaired) electrons. The highest BCUT2D eigenvalue weighted by molar-refractivity contribution is 7.90. The smallest absolute Gasteiger partial charge is 0.191 e. The number of sulfone groups is 1. The van der Waals surface area contributed by atoms with Gasteiger partial charge in [0.05, 0.1) is 19.0 Å². The topological polar surface area (TPSA) is 89.0 Å². The molecule has 25 heavy (non-hydrogen) atoms. The molecule has 0 unspecified atom stereocenters. The van der Waals surface area contributed by atoms with E-state index >= 15 is 0 Å². The molecule has 0 amide bonds. The molecule has 0 saturated heterocycles. The van der Waals surface area contributed by atoms with Crippen molar-refractivity contribution in [3.63, 3.8) is 0 Å². The molecule has 2 N–H and O–H groups in total. The van der Waals surface area contributed by atoms with E-state index in [0.29, 0.717) is 13.2 Å². The zero-order chi connectivity index (χ0) is 18.6. The summed E-state index contributed by atoms with van der Waals surface area (Å²) < 4.78 is 32.7. The number of nitrogens with zero attached hydrogens (tertiary/aromatic N) is 1. The number of ether oxygens (including phenoxy) is 2. The van der Waals surface area contributed by atoms with Crippen LogP contribution in [0.15, 0.2) is 4.99 Å². The Morgan fingerprint density at radius 2 is 1.88 bits per heavy atom. The number of hydrogen-bond acceptors (Lipinski definition) is 5. The van der Waals surface area contributed by atoms with Crippen molar-refractivity contribution < 1.29 is 17.9 Å². The fraction of sp³-hybridized carbons (Fsp3) is 0.941. The largest absolute Gasteiger partial charge is 0.385 e. The summed E-state index contributed by atoms with van der Waals surface area (Å²) in [6, 6.07) is 0. The van der Waals surface area contributed by atoms with Gasteiger partial charge in [0.2, 0.25) is 0 Å². The number of hydrogen-bond donors (Lipinski definition) is 2. The van der Waals surface area contributed by atoms with Crippen LogP contribution in [0.4, 0.5) is 0 Å². The maximum Gasteiger partial charge on any atom is 0.191 e. The van der Waals surface area contributed by atoms with E-state index in [1.54, 1.807) is 7.11 Å². The molecule has 0 aromatic heterocycles. The van der Waals surface area contributed by atoms with Crippen LogP contribution in [0.2, 0.25) is 0 Å². The second-order valence-corrected chi connectivity index (χ2v) is 9.07. The molecule has 0 atom stereocenters. The van der Waals surface area contributed by atoms with Crippen LogP contribution in [0.3, 0.4) is 0 Å². The van der Waals surface area contributed by atoms with Crippen molar-refractivity contribution in [2.45, 2.75) is 39.0 Å². The third-order valence-electron chi connectivity index (χ3n) is 4.55. The molecule has 1 rings (SSSR count). The Balaban J connectivity index is 2.39. The summed E-state index contributed by atoms with van der Waals surface area (Å²) in [6.07, 6.45) is 7.25. The van der Waals surface area contributed by atoms with Gasteiger partial charge in [0.15, 0.2) is 5.96 Å². The minimum absolute atomic E-state index is 0.0587. The van der Waals surface area contributed by atoms with E-state index in [0.717, 1.165) is 32.1 Å². The highest BCUT2D eigenvalue weighted by Gasteiger charge is 2.33. The van der Waals surface area contributed by atoms with Crippen molar-refractivity contribution in [2.24, 2.45) is 10.4 Å². The predicted octanol–water partition coefficient (Wildman–Crippen LogP) is 1.20. The molecular weight excluding hydrogens is 342 g/mol. The molecule has 8 heteroatoms. The first-order chi connectivity index (χ1) is 11.9. The lowest BCUT2D eigenvalue weighted by Gasteiger charge is -2.27. The van der Waals surface area contributed by atoms with Gasteiger partial charge in [-0.2, -0.15) is 0 Å². The quantitative estimate of drug-likeness (QED) is 0.302. The molecule has 0 spiro atoms. The van der Waals surface area contributed by atoms with Gasteiger partial charge >= 0.3 is 0 Å². The van der Waals surface area contributed by atoms with Crippen LogP contribution in [-0.4, -0.2) is 73.0 Å². The van der Waals surface area contributed by atoms with Crippen LogP contribution >= 0.6 is 0 Å². The number of methoxy groups -OCH3 is 1. The summed E-state index contributed by atoms with van der Waals surface area (Å²) >= 11 is 0. The van der Waals surface area contributed by atoms with Crippen LogP contribution in [0.1, 0.15) is 39.0 Å². The summed E-state index contributed by atoms with van der Waals surface area (Å²) in [7, 11) is -1.21. The Kier molecular flexibility index (Phi) is 10.4. The summed E-state index contributed by atoms with van der Waals surface area (Å²) in [6.45, 7) is 5.71. The Labute approximate surface area is 152 Å². The van der Waals surface area contributed by atoms with E-state index < -0.39 is 9.84 Å². The number of rotatable bonds is 12. The second-order valence-electron chi connectivity index (χ2n) is 6.81. The monoisotopic (exact) mass is 377 g/mol. The zero-order valence-corrected chi connectivity index (χ0v) is 16.8. The fourth-order valence-electron chi connectivity index (χ4n) is 3.07. The Bertz CT molecular complexity index is 488. The Morgan fingerprint density at radius 1 is 1.16 bits per heavy atom. The Morgan fingerprint density at radius 3 is 2.48 bits per heavy atom. The van der Waals surface area contributed by atoms with Crippen molar-refractivity contribution in [2.75, 3.05) is 58.6 Å². The van der Waals surface area contributed by atoms with Gasteiger partial charge in [-0.05, 0) is 31.6 Å². The lowest BCUT2D eigenvalue weighted by Crippen LogP contribution is -2.40. The van der Waals surface area contributed by atoms with E-state index in [4.69, 9.17) is 14.5 Å².